The lowest BCUT2D eigenvalue weighted by atomic mass is 10.1. The number of anilines is 1. The van der Waals surface area contributed by atoms with Crippen molar-refractivity contribution in [1.82, 2.24) is 25.1 Å². The number of nitrogen functional groups attached to an aromatic ring is 1. The summed E-state index contributed by atoms with van der Waals surface area (Å²) in [6, 6.07) is 17.2. The predicted octanol–water partition coefficient (Wildman–Crippen LogP) is 1.22. The first-order valence-corrected chi connectivity index (χ1v) is 10.4. The third-order valence-corrected chi connectivity index (χ3v) is 5.41. The summed E-state index contributed by atoms with van der Waals surface area (Å²) >= 11 is 0. The third-order valence-electron chi connectivity index (χ3n) is 5.41. The molecule has 0 aliphatic carbocycles. The van der Waals surface area contributed by atoms with Crippen LogP contribution in [0.4, 0.5) is 5.82 Å². The van der Waals surface area contributed by atoms with E-state index in [0.717, 1.165) is 29.6 Å². The van der Waals surface area contributed by atoms with Gasteiger partial charge in [-0.2, -0.15) is 0 Å². The molecule has 3 aromatic rings. The maximum Gasteiger partial charge on any atom is 0.242 e. The van der Waals surface area contributed by atoms with Crippen LogP contribution in [0.2, 0.25) is 0 Å². The Morgan fingerprint density at radius 1 is 0.935 bits per heavy atom. The van der Waals surface area contributed by atoms with Gasteiger partial charge in [0.2, 0.25) is 11.8 Å². The van der Waals surface area contributed by atoms with Gasteiger partial charge in [-0.15, -0.1) is 0 Å². The minimum Gasteiger partial charge on any atom is -0.383 e. The fraction of sp³-hybridized carbons (Fsp3) is 0.304. The van der Waals surface area contributed by atoms with Crippen LogP contribution in [0, 0.1) is 0 Å². The highest BCUT2D eigenvalue weighted by Crippen LogP contribution is 2.18. The van der Waals surface area contributed by atoms with Gasteiger partial charge in [0.25, 0.3) is 0 Å². The highest BCUT2D eigenvalue weighted by molar-refractivity contribution is 5.88. The molecule has 4 rings (SSSR count). The molecule has 1 fully saturated rings. The topological polar surface area (TPSA) is 104 Å². The Labute approximate surface area is 181 Å². The molecule has 1 aromatic heterocycles. The van der Waals surface area contributed by atoms with Crippen LogP contribution in [0.15, 0.2) is 54.6 Å². The molecule has 0 radical (unpaired) electrons. The molecule has 31 heavy (non-hydrogen) atoms. The van der Waals surface area contributed by atoms with E-state index in [2.05, 4.69) is 20.2 Å². The molecular formula is C23H26N6O2. The van der Waals surface area contributed by atoms with Gasteiger partial charge in [-0.25, -0.2) is 9.97 Å². The second-order valence-corrected chi connectivity index (χ2v) is 7.64. The second kappa shape index (κ2) is 9.53. The molecule has 0 spiro atoms. The summed E-state index contributed by atoms with van der Waals surface area (Å²) < 4.78 is 0. The van der Waals surface area contributed by atoms with Crippen molar-refractivity contribution in [1.29, 1.82) is 0 Å². The van der Waals surface area contributed by atoms with E-state index in [9.17, 15) is 9.59 Å². The Kier molecular flexibility index (Phi) is 6.37. The van der Waals surface area contributed by atoms with Crippen LogP contribution >= 0.6 is 0 Å². The molecular weight excluding hydrogens is 392 g/mol. The first-order valence-electron chi connectivity index (χ1n) is 10.4. The van der Waals surface area contributed by atoms with Crippen molar-refractivity contribution in [2.75, 3.05) is 38.5 Å². The monoisotopic (exact) mass is 418 g/mol. The van der Waals surface area contributed by atoms with Crippen LogP contribution in [0.1, 0.15) is 11.4 Å². The van der Waals surface area contributed by atoms with E-state index >= 15 is 0 Å². The molecule has 0 atom stereocenters. The summed E-state index contributed by atoms with van der Waals surface area (Å²) in [7, 11) is 0. The number of nitrogens with one attached hydrogen (secondary N) is 1. The van der Waals surface area contributed by atoms with Gasteiger partial charge in [-0.3, -0.25) is 14.5 Å². The maximum atomic E-state index is 12.5. The van der Waals surface area contributed by atoms with Crippen LogP contribution < -0.4 is 11.1 Å². The van der Waals surface area contributed by atoms with Crippen molar-refractivity contribution >= 4 is 28.5 Å². The highest BCUT2D eigenvalue weighted by Gasteiger charge is 2.22. The largest absolute Gasteiger partial charge is 0.383 e. The molecule has 8 heteroatoms. The molecule has 1 aliphatic rings. The molecule has 8 nitrogen and oxygen atoms in total. The summed E-state index contributed by atoms with van der Waals surface area (Å²) in [5, 5.41) is 3.58. The predicted molar refractivity (Wildman–Crippen MR) is 119 cm³/mol. The Morgan fingerprint density at radius 2 is 1.65 bits per heavy atom. The number of amides is 2. The number of carbonyl (C=O) groups excluding carboxylic acids is 2. The van der Waals surface area contributed by atoms with E-state index in [-0.39, 0.29) is 24.8 Å². The molecule has 0 bridgehead atoms. The van der Waals surface area contributed by atoms with Crippen LogP contribution in [-0.4, -0.2) is 64.3 Å². The molecule has 0 unspecified atom stereocenters. The van der Waals surface area contributed by atoms with E-state index < -0.39 is 0 Å². The lowest BCUT2D eigenvalue weighted by molar-refractivity contribution is -0.134. The summed E-state index contributed by atoms with van der Waals surface area (Å²) in [6.07, 6.45) is 0.275. The minimum atomic E-state index is -0.149. The van der Waals surface area contributed by atoms with E-state index in [0.29, 0.717) is 31.3 Å². The zero-order chi connectivity index (χ0) is 21.6. The zero-order valence-corrected chi connectivity index (χ0v) is 17.3. The van der Waals surface area contributed by atoms with E-state index in [4.69, 9.17) is 5.73 Å². The van der Waals surface area contributed by atoms with Gasteiger partial charge < -0.3 is 16.0 Å². The number of para-hydroxylation sites is 1. The number of aromatic nitrogens is 2. The number of fused-ring (bicyclic) bond motifs is 1. The first-order chi connectivity index (χ1) is 15.1. The SMILES string of the molecule is Nc1nc(CN2CCN(C(=O)CNC(=O)Cc3ccccc3)CC2)nc2ccccc12. The number of hydrogen-bond donors (Lipinski definition) is 2. The number of nitrogens with zero attached hydrogens (tertiary/aromatic N) is 4. The molecule has 0 saturated carbocycles. The number of benzene rings is 2. The lowest BCUT2D eigenvalue weighted by Crippen LogP contribution is -2.51. The molecule has 2 heterocycles. The summed E-state index contributed by atoms with van der Waals surface area (Å²) in [5.41, 5.74) is 7.84. The Balaban J connectivity index is 1.24. The standard InChI is InChI=1S/C23H26N6O2/c24-23-18-8-4-5-9-19(18)26-20(27-23)16-28-10-12-29(13-11-28)22(31)15-25-21(30)14-17-6-2-1-3-7-17/h1-9H,10-16H2,(H,25,30)(H2,24,26,27). The van der Waals surface area contributed by atoms with Gasteiger partial charge >= 0.3 is 0 Å². The third kappa shape index (κ3) is 5.35. The van der Waals surface area contributed by atoms with Gasteiger partial charge in [0, 0.05) is 31.6 Å². The second-order valence-electron chi connectivity index (χ2n) is 7.64. The van der Waals surface area contributed by atoms with Crippen molar-refractivity contribution in [3.63, 3.8) is 0 Å². The van der Waals surface area contributed by atoms with Gasteiger partial charge in [0.1, 0.15) is 11.6 Å². The van der Waals surface area contributed by atoms with Gasteiger partial charge in [0.15, 0.2) is 0 Å². The Bertz CT molecular complexity index is 1060. The van der Waals surface area contributed by atoms with E-state index in [1.54, 1.807) is 4.90 Å². The average molecular weight is 419 g/mol. The Hall–Kier alpha value is -3.52. The number of rotatable bonds is 6. The fourth-order valence-electron chi connectivity index (χ4n) is 3.71. The number of hydrogen-bond acceptors (Lipinski definition) is 6. The molecule has 1 aliphatic heterocycles. The molecule has 1 saturated heterocycles. The first kappa shape index (κ1) is 20.7. The van der Waals surface area contributed by atoms with Crippen LogP contribution in [0.5, 0.6) is 0 Å². The molecule has 3 N–H and O–H groups in total. The summed E-state index contributed by atoms with van der Waals surface area (Å²) in [4.78, 5) is 37.6. The van der Waals surface area contributed by atoms with Crippen LogP contribution in [-0.2, 0) is 22.6 Å². The van der Waals surface area contributed by atoms with Crippen LogP contribution in [0.25, 0.3) is 10.9 Å². The van der Waals surface area contributed by atoms with Crippen molar-refractivity contribution < 1.29 is 9.59 Å². The van der Waals surface area contributed by atoms with Gasteiger partial charge in [0.05, 0.1) is 25.0 Å². The van der Waals surface area contributed by atoms with Gasteiger partial charge in [-0.05, 0) is 17.7 Å². The quantitative estimate of drug-likeness (QED) is 0.624. The van der Waals surface area contributed by atoms with Crippen molar-refractivity contribution in [2.45, 2.75) is 13.0 Å². The maximum absolute atomic E-state index is 12.5. The van der Waals surface area contributed by atoms with Crippen molar-refractivity contribution in [3.05, 3.63) is 66.0 Å². The smallest absolute Gasteiger partial charge is 0.242 e. The fourth-order valence-corrected chi connectivity index (χ4v) is 3.71. The van der Waals surface area contributed by atoms with E-state index in [1.165, 1.54) is 0 Å². The summed E-state index contributed by atoms with van der Waals surface area (Å²) in [6.45, 7) is 3.27. The minimum absolute atomic E-state index is 0.0238. The molecule has 2 amide bonds. The number of piperazine rings is 1. The van der Waals surface area contributed by atoms with E-state index in [1.807, 2.05) is 54.6 Å². The lowest BCUT2D eigenvalue weighted by Gasteiger charge is -2.34. The molecule has 160 valence electrons. The molecule has 2 aromatic carbocycles. The average Bonchev–Trinajstić information content (AvgIpc) is 2.79. The normalized spacial score (nSPS) is 14.5. The van der Waals surface area contributed by atoms with Crippen LogP contribution in [0.3, 0.4) is 0 Å². The van der Waals surface area contributed by atoms with Crippen molar-refractivity contribution in [2.24, 2.45) is 0 Å². The van der Waals surface area contributed by atoms with Gasteiger partial charge in [-0.1, -0.05) is 42.5 Å². The number of nitrogens with two attached hydrogens (primary N) is 1. The van der Waals surface area contributed by atoms with Crippen molar-refractivity contribution in [3.8, 4) is 0 Å². The Morgan fingerprint density at radius 3 is 2.42 bits per heavy atom. The zero-order valence-electron chi connectivity index (χ0n) is 17.3. The summed E-state index contributed by atoms with van der Waals surface area (Å²) in [5.74, 6) is 0.960. The number of carbonyl (C=O) groups is 2. The highest BCUT2D eigenvalue weighted by atomic mass is 16.2.